The van der Waals surface area contributed by atoms with E-state index in [9.17, 15) is 8.42 Å². The fraction of sp³-hybridized carbons (Fsp3) is 1.00. The molecule has 0 saturated carbocycles. The molecule has 0 saturated heterocycles. The van der Waals surface area contributed by atoms with Gasteiger partial charge in [-0.1, -0.05) is 20.3 Å². The zero-order valence-corrected chi connectivity index (χ0v) is 7.60. The summed E-state index contributed by atoms with van der Waals surface area (Å²) in [5.74, 6) is 0.428. The first kappa shape index (κ1) is 10.9. The van der Waals surface area contributed by atoms with Crippen molar-refractivity contribution in [2.24, 2.45) is 5.92 Å². The Labute approximate surface area is 67.5 Å². The number of hydrogen-bond donors (Lipinski definition) is 1. The molecule has 11 heavy (non-hydrogen) atoms. The first-order chi connectivity index (χ1) is 4.95. The average Bonchev–Trinajstić information content (AvgIpc) is 1.85. The van der Waals surface area contributed by atoms with E-state index in [-0.39, 0.29) is 6.61 Å². The molecule has 0 bridgehead atoms. The van der Waals surface area contributed by atoms with Gasteiger partial charge in [0, 0.05) is 0 Å². The molecule has 0 aromatic carbocycles. The lowest BCUT2D eigenvalue weighted by atomic mass is 10.1. The molecule has 0 rings (SSSR count). The van der Waals surface area contributed by atoms with E-state index in [2.05, 4.69) is 4.18 Å². The summed E-state index contributed by atoms with van der Waals surface area (Å²) in [5, 5.41) is 0. The maximum atomic E-state index is 10.0. The van der Waals surface area contributed by atoms with Gasteiger partial charge in [-0.15, -0.1) is 0 Å². The van der Waals surface area contributed by atoms with Crippen molar-refractivity contribution in [3.63, 3.8) is 0 Å². The average molecular weight is 182 g/mol. The van der Waals surface area contributed by atoms with Crippen LogP contribution in [0.5, 0.6) is 0 Å². The van der Waals surface area contributed by atoms with Crippen LogP contribution in [-0.4, -0.2) is 19.6 Å². The Morgan fingerprint density at radius 2 is 2.09 bits per heavy atom. The standard InChI is InChI=1S/C6H14O4S/c1-3-6(2)4-5-10-11(7,8)9/h6H,3-5H2,1-2H3,(H,7,8,9). The lowest BCUT2D eigenvalue weighted by molar-refractivity contribution is 0.247. The molecule has 0 amide bonds. The van der Waals surface area contributed by atoms with Gasteiger partial charge in [-0.3, -0.25) is 4.55 Å². The summed E-state index contributed by atoms with van der Waals surface area (Å²) in [6.45, 7) is 4.07. The second kappa shape index (κ2) is 4.69. The van der Waals surface area contributed by atoms with Crippen LogP contribution in [0.15, 0.2) is 0 Å². The van der Waals surface area contributed by atoms with Gasteiger partial charge in [-0.2, -0.15) is 8.42 Å². The minimum absolute atomic E-state index is 0.0633. The Morgan fingerprint density at radius 1 is 1.55 bits per heavy atom. The van der Waals surface area contributed by atoms with Crippen LogP contribution >= 0.6 is 0 Å². The zero-order chi connectivity index (χ0) is 8.91. The second-order valence-electron chi connectivity index (χ2n) is 2.55. The summed E-state index contributed by atoms with van der Waals surface area (Å²) in [6, 6.07) is 0. The molecule has 4 nitrogen and oxygen atoms in total. The van der Waals surface area contributed by atoms with Crippen molar-refractivity contribution in [3.8, 4) is 0 Å². The van der Waals surface area contributed by atoms with Crippen LogP contribution in [0.1, 0.15) is 26.7 Å². The highest BCUT2D eigenvalue weighted by Gasteiger charge is 2.05. The molecule has 68 valence electrons. The molecule has 0 aromatic rings. The third-order valence-corrected chi connectivity index (χ3v) is 2.00. The fourth-order valence-corrected chi connectivity index (χ4v) is 0.866. The summed E-state index contributed by atoms with van der Waals surface area (Å²) in [6.07, 6.45) is 1.63. The normalized spacial score (nSPS) is 14.8. The summed E-state index contributed by atoms with van der Waals surface area (Å²) in [7, 11) is -4.23. The Bertz CT molecular complexity index is 185. The van der Waals surface area contributed by atoms with E-state index in [4.69, 9.17) is 4.55 Å². The van der Waals surface area contributed by atoms with E-state index >= 15 is 0 Å². The Hall–Kier alpha value is -0.130. The van der Waals surface area contributed by atoms with Crippen LogP contribution in [0.2, 0.25) is 0 Å². The van der Waals surface area contributed by atoms with Gasteiger partial charge in [0.05, 0.1) is 6.61 Å². The van der Waals surface area contributed by atoms with Crippen LogP contribution < -0.4 is 0 Å². The highest BCUT2D eigenvalue weighted by Crippen LogP contribution is 2.06. The molecule has 0 aliphatic heterocycles. The topological polar surface area (TPSA) is 63.6 Å². The van der Waals surface area contributed by atoms with Crippen LogP contribution in [-0.2, 0) is 14.6 Å². The van der Waals surface area contributed by atoms with Gasteiger partial charge in [0.15, 0.2) is 0 Å². The summed E-state index contributed by atoms with van der Waals surface area (Å²) >= 11 is 0. The molecule has 0 fully saturated rings. The SMILES string of the molecule is CCC(C)CCOS(=O)(=O)O. The number of hydrogen-bond acceptors (Lipinski definition) is 3. The first-order valence-corrected chi connectivity index (χ1v) is 4.94. The summed E-state index contributed by atoms with van der Waals surface area (Å²) < 4.78 is 32.4. The zero-order valence-electron chi connectivity index (χ0n) is 6.78. The van der Waals surface area contributed by atoms with Gasteiger partial charge < -0.3 is 0 Å². The van der Waals surface area contributed by atoms with Crippen molar-refractivity contribution in [2.45, 2.75) is 26.7 Å². The predicted octanol–water partition coefficient (Wildman–Crippen LogP) is 1.24. The Morgan fingerprint density at radius 3 is 2.45 bits per heavy atom. The number of rotatable bonds is 5. The first-order valence-electron chi connectivity index (χ1n) is 3.57. The van der Waals surface area contributed by atoms with Gasteiger partial charge in [-0.05, 0) is 12.3 Å². The van der Waals surface area contributed by atoms with E-state index in [0.29, 0.717) is 12.3 Å². The molecule has 0 heterocycles. The van der Waals surface area contributed by atoms with Gasteiger partial charge in [-0.25, -0.2) is 4.18 Å². The molecule has 0 aromatic heterocycles. The Balaban J connectivity index is 3.43. The van der Waals surface area contributed by atoms with E-state index in [0.717, 1.165) is 6.42 Å². The fourth-order valence-electron chi connectivity index (χ4n) is 0.559. The van der Waals surface area contributed by atoms with Crippen molar-refractivity contribution in [2.75, 3.05) is 6.61 Å². The molecule has 5 heteroatoms. The quantitative estimate of drug-likeness (QED) is 0.650. The molecular weight excluding hydrogens is 168 g/mol. The smallest absolute Gasteiger partial charge is 0.264 e. The van der Waals surface area contributed by atoms with Gasteiger partial charge in [0.1, 0.15) is 0 Å². The van der Waals surface area contributed by atoms with E-state index in [1.165, 1.54) is 0 Å². The minimum Gasteiger partial charge on any atom is -0.264 e. The predicted molar refractivity (Wildman–Crippen MR) is 41.6 cm³/mol. The molecule has 0 aliphatic rings. The monoisotopic (exact) mass is 182 g/mol. The van der Waals surface area contributed by atoms with Crippen molar-refractivity contribution in [1.29, 1.82) is 0 Å². The lowest BCUT2D eigenvalue weighted by Gasteiger charge is -2.05. The van der Waals surface area contributed by atoms with Crippen molar-refractivity contribution >= 4 is 10.4 Å². The van der Waals surface area contributed by atoms with E-state index < -0.39 is 10.4 Å². The van der Waals surface area contributed by atoms with Crippen LogP contribution in [0.3, 0.4) is 0 Å². The third-order valence-electron chi connectivity index (χ3n) is 1.54. The van der Waals surface area contributed by atoms with Crippen molar-refractivity contribution < 1.29 is 17.2 Å². The minimum atomic E-state index is -4.23. The molecule has 0 aliphatic carbocycles. The Kier molecular flexibility index (Phi) is 4.63. The second-order valence-corrected chi connectivity index (χ2v) is 3.64. The van der Waals surface area contributed by atoms with Gasteiger partial charge >= 0.3 is 10.4 Å². The van der Waals surface area contributed by atoms with Gasteiger partial charge in [0.25, 0.3) is 0 Å². The van der Waals surface area contributed by atoms with Crippen LogP contribution in [0, 0.1) is 5.92 Å². The van der Waals surface area contributed by atoms with Crippen molar-refractivity contribution in [3.05, 3.63) is 0 Å². The maximum absolute atomic E-state index is 10.0. The maximum Gasteiger partial charge on any atom is 0.397 e. The lowest BCUT2D eigenvalue weighted by Crippen LogP contribution is -2.07. The summed E-state index contributed by atoms with van der Waals surface area (Å²) in [5.41, 5.74) is 0. The largest absolute Gasteiger partial charge is 0.397 e. The van der Waals surface area contributed by atoms with Crippen LogP contribution in [0.25, 0.3) is 0 Å². The molecule has 0 spiro atoms. The van der Waals surface area contributed by atoms with Crippen molar-refractivity contribution in [1.82, 2.24) is 0 Å². The highest BCUT2D eigenvalue weighted by molar-refractivity contribution is 7.80. The van der Waals surface area contributed by atoms with Crippen LogP contribution in [0.4, 0.5) is 0 Å². The molecule has 1 N–H and O–H groups in total. The highest BCUT2D eigenvalue weighted by atomic mass is 32.3. The molecule has 1 atom stereocenters. The van der Waals surface area contributed by atoms with E-state index in [1.54, 1.807) is 0 Å². The third kappa shape index (κ3) is 7.77. The molecule has 1 unspecified atom stereocenters. The van der Waals surface area contributed by atoms with Gasteiger partial charge in [0.2, 0.25) is 0 Å². The summed E-state index contributed by atoms with van der Waals surface area (Å²) in [4.78, 5) is 0. The molecule has 0 radical (unpaired) electrons. The van der Waals surface area contributed by atoms with E-state index in [1.807, 2.05) is 13.8 Å². The molecular formula is C6H14O4S.